The summed E-state index contributed by atoms with van der Waals surface area (Å²) in [5, 5.41) is 0. The molecule has 0 spiro atoms. The van der Waals surface area contributed by atoms with Crippen LogP contribution >= 0.6 is 0 Å². The lowest BCUT2D eigenvalue weighted by molar-refractivity contribution is -0.143. The number of carbonyl (C=O) groups is 2. The number of unbranched alkanes of at least 4 members (excludes halogenated alkanes) is 4. The van der Waals surface area contributed by atoms with Crippen LogP contribution in [0.5, 0.6) is 0 Å². The van der Waals surface area contributed by atoms with E-state index in [0.29, 0.717) is 13.0 Å². The van der Waals surface area contributed by atoms with E-state index >= 15 is 0 Å². The molecule has 0 saturated carbocycles. The molecule has 0 rings (SSSR count). The number of hydrogen-bond acceptors (Lipinski definition) is 3. The summed E-state index contributed by atoms with van der Waals surface area (Å²) >= 11 is 0. The highest BCUT2D eigenvalue weighted by Crippen LogP contribution is 2.06. The minimum atomic E-state index is -0.301. The van der Waals surface area contributed by atoms with Gasteiger partial charge in [-0.25, -0.2) is 0 Å². The molecule has 0 unspecified atom stereocenters. The van der Waals surface area contributed by atoms with Crippen molar-refractivity contribution in [1.29, 1.82) is 0 Å². The van der Waals surface area contributed by atoms with Crippen molar-refractivity contribution in [3.05, 3.63) is 0 Å². The Morgan fingerprint density at radius 1 is 1.12 bits per heavy atom. The van der Waals surface area contributed by atoms with Crippen LogP contribution in [0.1, 0.15) is 52.4 Å². The molecule has 0 aromatic heterocycles. The monoisotopic (exact) mass is 243 g/mol. The third kappa shape index (κ3) is 9.85. The van der Waals surface area contributed by atoms with Crippen LogP contribution in [0.15, 0.2) is 0 Å². The van der Waals surface area contributed by atoms with Gasteiger partial charge in [-0.3, -0.25) is 9.59 Å². The minimum absolute atomic E-state index is 0.133. The van der Waals surface area contributed by atoms with Crippen LogP contribution in [0.2, 0.25) is 0 Å². The Labute approximate surface area is 104 Å². The molecule has 0 fully saturated rings. The molecule has 0 saturated heterocycles. The highest BCUT2D eigenvalue weighted by Gasteiger charge is 2.08. The van der Waals surface area contributed by atoms with Crippen molar-refractivity contribution < 1.29 is 14.3 Å². The molecule has 0 aromatic rings. The molecule has 0 atom stereocenters. The summed E-state index contributed by atoms with van der Waals surface area (Å²) in [7, 11) is 1.75. The van der Waals surface area contributed by atoms with E-state index in [-0.39, 0.29) is 18.5 Å². The number of ether oxygens (including phenoxy) is 1. The zero-order valence-electron chi connectivity index (χ0n) is 11.3. The molecule has 0 aliphatic heterocycles. The van der Waals surface area contributed by atoms with E-state index < -0.39 is 0 Å². The topological polar surface area (TPSA) is 46.6 Å². The number of esters is 1. The molecule has 0 aliphatic carbocycles. The molecule has 100 valence electrons. The SMILES string of the molecule is CCCCCCCC(=O)N(C)CCOC(C)=O. The number of carbonyl (C=O) groups excluding carboxylic acids is 2. The summed E-state index contributed by atoms with van der Waals surface area (Å²) < 4.78 is 4.79. The van der Waals surface area contributed by atoms with Crippen molar-refractivity contribution in [2.45, 2.75) is 52.4 Å². The molecule has 4 nitrogen and oxygen atoms in total. The second-order valence-electron chi connectivity index (χ2n) is 4.32. The van der Waals surface area contributed by atoms with Crippen molar-refractivity contribution in [2.24, 2.45) is 0 Å². The predicted octanol–water partition coefficient (Wildman–Crippen LogP) is 2.37. The summed E-state index contributed by atoms with van der Waals surface area (Å²) in [6.45, 7) is 4.31. The number of likely N-dealkylation sites (N-methyl/N-ethyl adjacent to an activating group) is 1. The maximum atomic E-state index is 11.6. The molecule has 0 radical (unpaired) electrons. The van der Waals surface area contributed by atoms with Crippen LogP contribution in [0, 0.1) is 0 Å². The van der Waals surface area contributed by atoms with E-state index in [0.717, 1.165) is 12.8 Å². The fourth-order valence-electron chi connectivity index (χ4n) is 1.52. The normalized spacial score (nSPS) is 10.1. The van der Waals surface area contributed by atoms with Gasteiger partial charge in [0.2, 0.25) is 5.91 Å². The van der Waals surface area contributed by atoms with Crippen molar-refractivity contribution in [1.82, 2.24) is 4.90 Å². The van der Waals surface area contributed by atoms with Crippen molar-refractivity contribution in [3.63, 3.8) is 0 Å². The van der Waals surface area contributed by atoms with Gasteiger partial charge in [0.25, 0.3) is 0 Å². The van der Waals surface area contributed by atoms with Gasteiger partial charge < -0.3 is 9.64 Å². The molecular weight excluding hydrogens is 218 g/mol. The fourth-order valence-corrected chi connectivity index (χ4v) is 1.52. The Bertz CT molecular complexity index is 229. The minimum Gasteiger partial charge on any atom is -0.464 e. The Morgan fingerprint density at radius 2 is 1.76 bits per heavy atom. The molecule has 0 N–H and O–H groups in total. The van der Waals surface area contributed by atoms with Gasteiger partial charge in [0, 0.05) is 20.4 Å². The molecule has 17 heavy (non-hydrogen) atoms. The Kier molecular flexibility index (Phi) is 9.49. The van der Waals surface area contributed by atoms with Crippen LogP contribution in [0.3, 0.4) is 0 Å². The van der Waals surface area contributed by atoms with E-state index in [4.69, 9.17) is 4.74 Å². The highest BCUT2D eigenvalue weighted by molar-refractivity contribution is 5.75. The van der Waals surface area contributed by atoms with Gasteiger partial charge >= 0.3 is 5.97 Å². The van der Waals surface area contributed by atoms with Gasteiger partial charge in [0.05, 0.1) is 6.54 Å². The third-order valence-corrected chi connectivity index (χ3v) is 2.65. The molecule has 0 heterocycles. The lowest BCUT2D eigenvalue weighted by Gasteiger charge is -2.16. The largest absolute Gasteiger partial charge is 0.464 e. The maximum Gasteiger partial charge on any atom is 0.302 e. The third-order valence-electron chi connectivity index (χ3n) is 2.65. The zero-order valence-corrected chi connectivity index (χ0v) is 11.3. The second-order valence-corrected chi connectivity index (χ2v) is 4.32. The molecule has 0 bridgehead atoms. The lowest BCUT2D eigenvalue weighted by atomic mass is 10.1. The average molecular weight is 243 g/mol. The maximum absolute atomic E-state index is 11.6. The van der Waals surface area contributed by atoms with Crippen LogP contribution in [0.4, 0.5) is 0 Å². The first kappa shape index (κ1) is 15.9. The smallest absolute Gasteiger partial charge is 0.302 e. The number of amides is 1. The summed E-state index contributed by atoms with van der Waals surface area (Å²) in [6, 6.07) is 0. The van der Waals surface area contributed by atoms with Gasteiger partial charge in [0.1, 0.15) is 6.61 Å². The first-order chi connectivity index (χ1) is 8.07. The van der Waals surface area contributed by atoms with Crippen molar-refractivity contribution in [2.75, 3.05) is 20.2 Å². The molecule has 0 aliphatic rings. The van der Waals surface area contributed by atoms with Gasteiger partial charge in [0.15, 0.2) is 0 Å². The highest BCUT2D eigenvalue weighted by atomic mass is 16.5. The van der Waals surface area contributed by atoms with E-state index in [1.165, 1.54) is 26.2 Å². The van der Waals surface area contributed by atoms with E-state index in [2.05, 4.69) is 6.92 Å². The first-order valence-electron chi connectivity index (χ1n) is 6.45. The lowest BCUT2D eigenvalue weighted by Crippen LogP contribution is -2.30. The number of nitrogens with zero attached hydrogens (tertiary/aromatic N) is 1. The molecule has 4 heteroatoms. The van der Waals surface area contributed by atoms with Gasteiger partial charge in [-0.2, -0.15) is 0 Å². The summed E-state index contributed by atoms with van der Waals surface area (Å²) in [4.78, 5) is 23.8. The first-order valence-corrected chi connectivity index (χ1v) is 6.45. The van der Waals surface area contributed by atoms with Crippen LogP contribution in [-0.2, 0) is 14.3 Å². The van der Waals surface area contributed by atoms with Crippen molar-refractivity contribution >= 4 is 11.9 Å². The predicted molar refractivity (Wildman–Crippen MR) is 67.6 cm³/mol. The van der Waals surface area contributed by atoms with Gasteiger partial charge in [-0.05, 0) is 6.42 Å². The summed E-state index contributed by atoms with van der Waals surface area (Å²) in [6.07, 6.45) is 6.35. The Hall–Kier alpha value is -1.06. The van der Waals surface area contributed by atoms with Crippen LogP contribution < -0.4 is 0 Å². The van der Waals surface area contributed by atoms with Crippen molar-refractivity contribution in [3.8, 4) is 0 Å². The van der Waals surface area contributed by atoms with E-state index in [1.807, 2.05) is 0 Å². The Morgan fingerprint density at radius 3 is 2.35 bits per heavy atom. The second kappa shape index (κ2) is 10.1. The van der Waals surface area contributed by atoms with E-state index in [9.17, 15) is 9.59 Å². The molecule has 1 amide bonds. The van der Waals surface area contributed by atoms with E-state index in [1.54, 1.807) is 11.9 Å². The number of hydrogen-bond donors (Lipinski definition) is 0. The van der Waals surface area contributed by atoms with Gasteiger partial charge in [-0.1, -0.05) is 32.6 Å². The standard InChI is InChI=1S/C13H25NO3/c1-4-5-6-7-8-9-13(16)14(3)10-11-17-12(2)15/h4-11H2,1-3H3. The fraction of sp³-hybridized carbons (Fsp3) is 0.846. The Balaban J connectivity index is 3.50. The average Bonchev–Trinajstić information content (AvgIpc) is 2.27. The number of rotatable bonds is 9. The molecular formula is C13H25NO3. The summed E-state index contributed by atoms with van der Waals surface area (Å²) in [5.41, 5.74) is 0. The van der Waals surface area contributed by atoms with Crippen LogP contribution in [0.25, 0.3) is 0 Å². The molecule has 0 aromatic carbocycles. The quantitative estimate of drug-likeness (QED) is 0.461. The van der Waals surface area contributed by atoms with Gasteiger partial charge in [-0.15, -0.1) is 0 Å². The van der Waals surface area contributed by atoms with Crippen LogP contribution in [-0.4, -0.2) is 37.0 Å². The zero-order chi connectivity index (χ0) is 13.1. The summed E-state index contributed by atoms with van der Waals surface area (Å²) in [5.74, 6) is -0.168.